The van der Waals surface area contributed by atoms with Crippen molar-refractivity contribution in [2.45, 2.75) is 26.3 Å². The number of unbranched alkanes of at least 4 members (excludes halogenated alkanes) is 1. The molecule has 2 heterocycles. The maximum Gasteiger partial charge on any atom is 0.221 e. The number of nitrogens with zero attached hydrogens (tertiary/aromatic N) is 3. The summed E-state index contributed by atoms with van der Waals surface area (Å²) in [6.07, 6.45) is 6.87. The van der Waals surface area contributed by atoms with Crippen molar-refractivity contribution in [2.75, 3.05) is 44.6 Å². The molecule has 0 atom stereocenters. The van der Waals surface area contributed by atoms with Crippen molar-refractivity contribution in [2.24, 2.45) is 0 Å². The van der Waals surface area contributed by atoms with E-state index in [0.29, 0.717) is 0 Å². The van der Waals surface area contributed by atoms with Crippen LogP contribution in [0.1, 0.15) is 25.3 Å². The number of anilines is 1. The van der Waals surface area contributed by atoms with Crippen molar-refractivity contribution in [1.82, 2.24) is 14.4 Å². The zero-order chi connectivity index (χ0) is 24.7. The van der Waals surface area contributed by atoms with E-state index in [-0.39, 0.29) is 5.91 Å². The van der Waals surface area contributed by atoms with Crippen LogP contribution in [0.4, 0.5) is 5.69 Å². The summed E-state index contributed by atoms with van der Waals surface area (Å²) in [5.41, 5.74) is 4.63. The van der Waals surface area contributed by atoms with Gasteiger partial charge < -0.3 is 14.8 Å². The Labute approximate surface area is 214 Å². The summed E-state index contributed by atoms with van der Waals surface area (Å²) in [4.78, 5) is 16.7. The number of fused-ring (bicyclic) bond motifs is 3. The maximum absolute atomic E-state index is 11.5. The molecule has 1 saturated heterocycles. The molecule has 1 fully saturated rings. The van der Waals surface area contributed by atoms with E-state index < -0.39 is 0 Å². The van der Waals surface area contributed by atoms with Crippen LogP contribution in [0.3, 0.4) is 0 Å². The average molecular weight is 481 g/mol. The topological polar surface area (TPSA) is 40.5 Å². The summed E-state index contributed by atoms with van der Waals surface area (Å²) < 4.78 is 2.44. The number of hydrogen-bond acceptors (Lipinski definition) is 3. The second-order valence-corrected chi connectivity index (χ2v) is 9.74. The van der Waals surface area contributed by atoms with Crippen LogP contribution in [-0.4, -0.2) is 59.5 Å². The van der Waals surface area contributed by atoms with Gasteiger partial charge in [0.25, 0.3) is 0 Å². The number of aryl methyl sites for hydroxylation is 1. The lowest BCUT2D eigenvalue weighted by Gasteiger charge is -2.34. The lowest BCUT2D eigenvalue weighted by molar-refractivity contribution is -0.114. The van der Waals surface area contributed by atoms with Crippen LogP contribution in [0, 0.1) is 0 Å². The molecule has 1 aromatic heterocycles. The molecule has 0 bridgehead atoms. The van der Waals surface area contributed by atoms with Gasteiger partial charge in [-0.2, -0.15) is 0 Å². The Morgan fingerprint density at radius 3 is 2.31 bits per heavy atom. The molecule has 186 valence electrons. The maximum atomic E-state index is 11.5. The summed E-state index contributed by atoms with van der Waals surface area (Å²) in [5.74, 6) is -0.0393. The zero-order valence-corrected chi connectivity index (χ0v) is 21.2. The highest BCUT2D eigenvalue weighted by molar-refractivity contribution is 6.09. The van der Waals surface area contributed by atoms with Gasteiger partial charge >= 0.3 is 0 Å². The fraction of sp³-hybridized carbons (Fsp3) is 0.323. The number of para-hydroxylation sites is 1. The van der Waals surface area contributed by atoms with Crippen molar-refractivity contribution in [3.8, 4) is 0 Å². The number of aromatic nitrogens is 1. The van der Waals surface area contributed by atoms with Gasteiger partial charge in [-0.25, -0.2) is 0 Å². The fourth-order valence-corrected chi connectivity index (χ4v) is 5.28. The van der Waals surface area contributed by atoms with Crippen molar-refractivity contribution in [3.63, 3.8) is 0 Å². The first kappa shape index (κ1) is 24.3. The molecule has 5 nitrogen and oxygen atoms in total. The molecule has 5 heteroatoms. The Hall–Kier alpha value is -3.41. The minimum Gasteiger partial charge on any atom is -0.340 e. The number of rotatable bonds is 9. The molecule has 5 rings (SSSR count). The molecule has 1 amide bonds. The number of piperazine rings is 1. The Bertz CT molecular complexity index is 1330. The predicted molar refractivity (Wildman–Crippen MR) is 151 cm³/mol. The molecule has 4 aromatic rings. The van der Waals surface area contributed by atoms with Gasteiger partial charge in [0.2, 0.25) is 5.91 Å². The van der Waals surface area contributed by atoms with Crippen LogP contribution in [-0.2, 0) is 11.3 Å². The Kier molecular flexibility index (Phi) is 7.79. The number of nitrogens with one attached hydrogen (secondary N) is 1. The van der Waals surface area contributed by atoms with Gasteiger partial charge in [-0.15, -0.1) is 0 Å². The highest BCUT2D eigenvalue weighted by Gasteiger charge is 2.16. The zero-order valence-electron chi connectivity index (χ0n) is 21.2. The van der Waals surface area contributed by atoms with E-state index in [0.717, 1.165) is 57.9 Å². The van der Waals surface area contributed by atoms with Crippen LogP contribution in [0.5, 0.6) is 0 Å². The van der Waals surface area contributed by atoms with E-state index in [4.69, 9.17) is 0 Å². The molecule has 0 unspecified atom stereocenters. The van der Waals surface area contributed by atoms with Gasteiger partial charge in [0, 0.05) is 73.7 Å². The highest BCUT2D eigenvalue weighted by atomic mass is 16.1. The lowest BCUT2D eigenvalue weighted by atomic mass is 10.1. The Balaban J connectivity index is 1.12. The average Bonchev–Trinajstić information content (AvgIpc) is 3.21. The SMILES string of the molecule is CC(=O)Nc1ccc2c(c1)c1ccccc1n2CCCCN1CCN(C/C=C/c2ccccc2)CC1. The predicted octanol–water partition coefficient (Wildman–Crippen LogP) is 5.86. The van der Waals surface area contributed by atoms with Crippen LogP contribution in [0.25, 0.3) is 27.9 Å². The van der Waals surface area contributed by atoms with Crippen LogP contribution < -0.4 is 5.32 Å². The molecule has 1 N–H and O–H groups in total. The van der Waals surface area contributed by atoms with Crippen molar-refractivity contribution < 1.29 is 4.79 Å². The summed E-state index contributed by atoms with van der Waals surface area (Å²) >= 11 is 0. The number of carbonyl (C=O) groups excluding carboxylic acids is 1. The normalized spacial score (nSPS) is 15.2. The van der Waals surface area contributed by atoms with Gasteiger partial charge in [-0.1, -0.05) is 60.7 Å². The van der Waals surface area contributed by atoms with Gasteiger partial charge in [0.1, 0.15) is 0 Å². The molecule has 1 aliphatic heterocycles. The molecular weight excluding hydrogens is 444 g/mol. The standard InChI is InChI=1S/C31H36N4O/c1-25(36)32-27-15-16-31-29(24-27)28-13-5-6-14-30(28)35(31)19-8-7-17-33-20-22-34(23-21-33)18-9-12-26-10-3-2-4-11-26/h2-6,9-16,24H,7-8,17-23H2,1H3,(H,32,36)/b12-9+. The van der Waals surface area contributed by atoms with Crippen molar-refractivity contribution in [3.05, 3.63) is 84.4 Å². The molecule has 0 aliphatic carbocycles. The number of benzene rings is 3. The van der Waals surface area contributed by atoms with Gasteiger partial charge in [0.15, 0.2) is 0 Å². The minimum absolute atomic E-state index is 0.0393. The summed E-state index contributed by atoms with van der Waals surface area (Å²) in [7, 11) is 0. The first-order valence-electron chi connectivity index (χ1n) is 13.1. The van der Waals surface area contributed by atoms with E-state index in [1.807, 2.05) is 6.07 Å². The first-order chi connectivity index (χ1) is 17.7. The molecule has 0 spiro atoms. The van der Waals surface area contributed by atoms with Crippen LogP contribution in [0.2, 0.25) is 0 Å². The summed E-state index contributed by atoms with van der Waals surface area (Å²) in [6, 6.07) is 25.4. The van der Waals surface area contributed by atoms with E-state index in [9.17, 15) is 4.79 Å². The lowest BCUT2D eigenvalue weighted by Crippen LogP contribution is -2.46. The number of hydrogen-bond donors (Lipinski definition) is 1. The number of carbonyl (C=O) groups is 1. The highest BCUT2D eigenvalue weighted by Crippen LogP contribution is 2.31. The second-order valence-electron chi connectivity index (χ2n) is 9.74. The van der Waals surface area contributed by atoms with Gasteiger partial charge in [-0.3, -0.25) is 9.69 Å². The van der Waals surface area contributed by atoms with E-state index in [2.05, 4.69) is 98.6 Å². The third-order valence-corrected chi connectivity index (χ3v) is 7.14. The largest absolute Gasteiger partial charge is 0.340 e. The fourth-order valence-electron chi connectivity index (χ4n) is 5.28. The Morgan fingerprint density at radius 1 is 0.806 bits per heavy atom. The third kappa shape index (κ3) is 5.86. The van der Waals surface area contributed by atoms with E-state index in [1.54, 1.807) is 6.92 Å². The Morgan fingerprint density at radius 2 is 1.50 bits per heavy atom. The third-order valence-electron chi connectivity index (χ3n) is 7.14. The minimum atomic E-state index is -0.0393. The van der Waals surface area contributed by atoms with Gasteiger partial charge in [-0.05, 0) is 49.2 Å². The van der Waals surface area contributed by atoms with E-state index in [1.165, 1.54) is 33.8 Å². The smallest absolute Gasteiger partial charge is 0.221 e. The monoisotopic (exact) mass is 480 g/mol. The molecular formula is C31H36N4O. The molecule has 3 aromatic carbocycles. The van der Waals surface area contributed by atoms with Crippen molar-refractivity contribution >= 4 is 39.5 Å². The summed E-state index contributed by atoms with van der Waals surface area (Å²) in [6.45, 7) is 9.34. The number of amides is 1. The van der Waals surface area contributed by atoms with E-state index >= 15 is 0 Å². The molecule has 0 radical (unpaired) electrons. The van der Waals surface area contributed by atoms with Crippen LogP contribution >= 0.6 is 0 Å². The molecule has 1 aliphatic rings. The molecule has 0 saturated carbocycles. The van der Waals surface area contributed by atoms with Gasteiger partial charge in [0.05, 0.1) is 0 Å². The van der Waals surface area contributed by atoms with Crippen LogP contribution in [0.15, 0.2) is 78.9 Å². The second kappa shape index (κ2) is 11.5. The first-order valence-corrected chi connectivity index (χ1v) is 13.1. The van der Waals surface area contributed by atoms with Crippen molar-refractivity contribution in [1.29, 1.82) is 0 Å². The summed E-state index contributed by atoms with van der Waals surface area (Å²) in [5, 5.41) is 5.37. The quantitative estimate of drug-likeness (QED) is 0.305. The molecule has 36 heavy (non-hydrogen) atoms.